The van der Waals surface area contributed by atoms with Crippen molar-refractivity contribution in [1.82, 2.24) is 0 Å². The van der Waals surface area contributed by atoms with Crippen LogP contribution in [0.2, 0.25) is 0 Å². The fourth-order valence-corrected chi connectivity index (χ4v) is 2.00. The predicted octanol–water partition coefficient (Wildman–Crippen LogP) is 2.63. The summed E-state index contributed by atoms with van der Waals surface area (Å²) < 4.78 is 5.24. The molecular weight excluding hydrogens is 198 g/mol. The zero-order valence-corrected chi connectivity index (χ0v) is 10.1. The molecule has 16 heavy (non-hydrogen) atoms. The van der Waals surface area contributed by atoms with E-state index in [1.165, 1.54) is 16.7 Å². The van der Waals surface area contributed by atoms with Gasteiger partial charge < -0.3 is 4.74 Å². The van der Waals surface area contributed by atoms with Crippen molar-refractivity contribution in [1.29, 1.82) is 0 Å². The minimum absolute atomic E-state index is 0.529. The van der Waals surface area contributed by atoms with Gasteiger partial charge in [0, 0.05) is 13.3 Å². The number of aliphatic imine (C=N–C) groups is 1. The zero-order chi connectivity index (χ0) is 11.4. The van der Waals surface area contributed by atoms with Crippen LogP contribution in [-0.2, 0) is 17.6 Å². The highest BCUT2D eigenvalue weighted by molar-refractivity contribution is 5.79. The molecule has 1 aliphatic heterocycles. The first-order valence-corrected chi connectivity index (χ1v) is 5.99. The summed E-state index contributed by atoms with van der Waals surface area (Å²) in [6, 6.07) is 6.63. The van der Waals surface area contributed by atoms with Crippen molar-refractivity contribution in [2.24, 2.45) is 4.99 Å². The average molecular weight is 217 g/mol. The monoisotopic (exact) mass is 217 g/mol. The lowest BCUT2D eigenvalue weighted by Gasteiger charge is -2.08. The lowest BCUT2D eigenvalue weighted by molar-refractivity contribution is 0.396. The minimum Gasteiger partial charge on any atom is -0.373 e. The van der Waals surface area contributed by atoms with Gasteiger partial charge in [0.15, 0.2) is 0 Å². The number of benzene rings is 1. The van der Waals surface area contributed by atoms with E-state index in [-0.39, 0.29) is 0 Å². The summed E-state index contributed by atoms with van der Waals surface area (Å²) in [5.41, 5.74) is 4.11. The van der Waals surface area contributed by atoms with Crippen molar-refractivity contribution in [3.63, 3.8) is 0 Å². The smallest absolute Gasteiger partial charge is 0.0813 e. The number of hydrogen-bond donors (Lipinski definition) is 0. The molecule has 1 atom stereocenters. The summed E-state index contributed by atoms with van der Waals surface area (Å²) in [4.78, 5) is 4.05. The second-order valence-electron chi connectivity index (χ2n) is 4.26. The van der Waals surface area contributed by atoms with Crippen molar-refractivity contribution in [3.8, 4) is 0 Å². The topological polar surface area (TPSA) is 24.9 Å². The highest BCUT2D eigenvalue weighted by Crippen LogP contribution is 2.20. The van der Waals surface area contributed by atoms with Crippen molar-refractivity contribution in [2.75, 3.05) is 13.7 Å². The fourth-order valence-electron chi connectivity index (χ4n) is 2.00. The first-order chi connectivity index (χ1) is 7.83. The number of aryl methyl sites for hydroxylation is 2. The number of ether oxygens (including phenoxy) is 1. The van der Waals surface area contributed by atoms with Crippen LogP contribution in [0.3, 0.4) is 0 Å². The Kier molecular flexibility index (Phi) is 3.73. The molecule has 1 aromatic rings. The standard InChI is InChI=1S/C14H19NO/c1-3-12-8-11(9-15-2)4-5-13(12)6-7-14-10-16-14/h4-5,8-9,14H,3,6-7,10H2,1-2H3. The van der Waals surface area contributed by atoms with Crippen LogP contribution in [0.15, 0.2) is 23.2 Å². The van der Waals surface area contributed by atoms with Crippen LogP contribution in [0, 0.1) is 0 Å². The van der Waals surface area contributed by atoms with Crippen LogP contribution in [0.5, 0.6) is 0 Å². The molecule has 0 aliphatic carbocycles. The van der Waals surface area contributed by atoms with Gasteiger partial charge in [-0.25, -0.2) is 0 Å². The van der Waals surface area contributed by atoms with Crippen molar-refractivity contribution in [2.45, 2.75) is 32.3 Å². The third kappa shape index (κ3) is 2.92. The fraction of sp³-hybridized carbons (Fsp3) is 0.500. The third-order valence-electron chi connectivity index (χ3n) is 3.03. The number of rotatable bonds is 5. The minimum atomic E-state index is 0.529. The maximum atomic E-state index is 5.24. The van der Waals surface area contributed by atoms with Gasteiger partial charge in [-0.15, -0.1) is 0 Å². The molecule has 2 heteroatoms. The molecule has 0 aromatic heterocycles. The molecule has 0 amide bonds. The van der Waals surface area contributed by atoms with E-state index in [1.54, 1.807) is 0 Å². The van der Waals surface area contributed by atoms with E-state index in [0.717, 1.165) is 25.9 Å². The van der Waals surface area contributed by atoms with Crippen LogP contribution in [-0.4, -0.2) is 26.0 Å². The maximum absolute atomic E-state index is 5.24. The van der Waals surface area contributed by atoms with E-state index in [0.29, 0.717) is 6.10 Å². The molecule has 0 spiro atoms. The predicted molar refractivity (Wildman–Crippen MR) is 67.4 cm³/mol. The van der Waals surface area contributed by atoms with Crippen molar-refractivity contribution in [3.05, 3.63) is 34.9 Å². The van der Waals surface area contributed by atoms with Gasteiger partial charge in [-0.1, -0.05) is 19.1 Å². The molecule has 0 saturated carbocycles. The van der Waals surface area contributed by atoms with E-state index >= 15 is 0 Å². The number of hydrogen-bond acceptors (Lipinski definition) is 2. The van der Waals surface area contributed by atoms with E-state index < -0.39 is 0 Å². The van der Waals surface area contributed by atoms with Crippen LogP contribution in [0.4, 0.5) is 0 Å². The lowest BCUT2D eigenvalue weighted by Crippen LogP contribution is -1.97. The van der Waals surface area contributed by atoms with E-state index in [9.17, 15) is 0 Å². The van der Waals surface area contributed by atoms with Crippen LogP contribution >= 0.6 is 0 Å². The van der Waals surface area contributed by atoms with E-state index in [2.05, 4.69) is 30.1 Å². The van der Waals surface area contributed by atoms with Gasteiger partial charge in [-0.05, 0) is 42.0 Å². The molecule has 1 heterocycles. The SMILES string of the molecule is CCc1cc(C=NC)ccc1CCC1CO1. The van der Waals surface area contributed by atoms with Crippen LogP contribution < -0.4 is 0 Å². The Morgan fingerprint density at radius 1 is 1.44 bits per heavy atom. The third-order valence-corrected chi connectivity index (χ3v) is 3.03. The Bertz CT molecular complexity index is 380. The largest absolute Gasteiger partial charge is 0.373 e. The van der Waals surface area contributed by atoms with Gasteiger partial charge in [-0.2, -0.15) is 0 Å². The maximum Gasteiger partial charge on any atom is 0.0813 e. The van der Waals surface area contributed by atoms with Gasteiger partial charge >= 0.3 is 0 Å². The second-order valence-corrected chi connectivity index (χ2v) is 4.26. The summed E-state index contributed by atoms with van der Waals surface area (Å²) in [6.07, 6.45) is 5.83. The summed E-state index contributed by atoms with van der Waals surface area (Å²) in [6.45, 7) is 3.17. The Hall–Kier alpha value is -1.15. The molecular formula is C14H19NO. The molecule has 1 fully saturated rings. The first kappa shape index (κ1) is 11.3. The summed E-state index contributed by atoms with van der Waals surface area (Å²) >= 11 is 0. The molecule has 1 aliphatic rings. The average Bonchev–Trinajstić information content (AvgIpc) is 3.11. The molecule has 86 valence electrons. The molecule has 0 radical (unpaired) electrons. The zero-order valence-electron chi connectivity index (χ0n) is 10.1. The lowest BCUT2D eigenvalue weighted by atomic mass is 9.98. The number of nitrogens with zero attached hydrogens (tertiary/aromatic N) is 1. The first-order valence-electron chi connectivity index (χ1n) is 5.99. The summed E-state index contributed by atoms with van der Waals surface area (Å²) in [7, 11) is 1.81. The second kappa shape index (κ2) is 5.26. The Morgan fingerprint density at radius 3 is 2.88 bits per heavy atom. The normalized spacial score (nSPS) is 19.2. The number of epoxide rings is 1. The Morgan fingerprint density at radius 2 is 2.25 bits per heavy atom. The van der Waals surface area contributed by atoms with E-state index in [4.69, 9.17) is 4.74 Å². The molecule has 1 aromatic carbocycles. The molecule has 1 saturated heterocycles. The van der Waals surface area contributed by atoms with Crippen molar-refractivity contribution < 1.29 is 4.74 Å². The van der Waals surface area contributed by atoms with Crippen LogP contribution in [0.25, 0.3) is 0 Å². The van der Waals surface area contributed by atoms with E-state index in [1.807, 2.05) is 13.3 Å². The molecule has 0 N–H and O–H groups in total. The van der Waals surface area contributed by atoms with Gasteiger partial charge in [-0.3, -0.25) is 4.99 Å². The highest BCUT2D eigenvalue weighted by atomic mass is 16.6. The molecule has 0 bridgehead atoms. The van der Waals surface area contributed by atoms with Gasteiger partial charge in [0.1, 0.15) is 0 Å². The van der Waals surface area contributed by atoms with Gasteiger partial charge in [0.25, 0.3) is 0 Å². The van der Waals surface area contributed by atoms with Crippen molar-refractivity contribution >= 4 is 6.21 Å². The van der Waals surface area contributed by atoms with Crippen LogP contribution in [0.1, 0.15) is 30.0 Å². The summed E-state index contributed by atoms with van der Waals surface area (Å²) in [5.74, 6) is 0. The highest BCUT2D eigenvalue weighted by Gasteiger charge is 2.21. The molecule has 1 unspecified atom stereocenters. The van der Waals surface area contributed by atoms with Gasteiger partial charge in [0.05, 0.1) is 12.7 Å². The van der Waals surface area contributed by atoms with Gasteiger partial charge in [0.2, 0.25) is 0 Å². The molecule has 2 nitrogen and oxygen atoms in total. The Balaban J connectivity index is 2.09. The summed E-state index contributed by atoms with van der Waals surface area (Å²) in [5, 5.41) is 0. The Labute approximate surface area is 97.4 Å². The quantitative estimate of drug-likeness (QED) is 0.549. The molecule has 2 rings (SSSR count).